The van der Waals surface area contributed by atoms with E-state index in [1.54, 1.807) is 7.11 Å². The van der Waals surface area contributed by atoms with Crippen molar-refractivity contribution < 1.29 is 6.16 Å². The van der Waals surface area contributed by atoms with Gasteiger partial charge in [0.1, 0.15) is 0 Å². The van der Waals surface area contributed by atoms with Gasteiger partial charge < -0.3 is 10.5 Å². The first kappa shape index (κ1) is 5.92. The molecule has 0 radical (unpaired) electrons. The number of hydrogen-bond acceptors (Lipinski definition) is 2. The Kier molecular flexibility index (Phi) is 3.08. The normalized spacial score (nSPS) is 14.5. The van der Waals surface area contributed by atoms with Gasteiger partial charge in [-0.3, -0.25) is 0 Å². The van der Waals surface area contributed by atoms with E-state index in [-0.39, 0.29) is 7.47 Å². The number of hydrogen-bond donors (Lipinski definition) is 1. The van der Waals surface area contributed by atoms with Crippen LogP contribution in [0.4, 0.5) is 0 Å². The lowest BCUT2D eigenvalue weighted by molar-refractivity contribution is 0.185. The SMILES string of the molecule is COCC(C)N.[HH]. The minimum atomic E-state index is 0. The Morgan fingerprint density at radius 1 is 2.00 bits per heavy atom. The standard InChI is InChI=1S/C4H11NO.H2/c1-4(5)3-6-2;/h4H,3,5H2,1-2H3;1H. The van der Waals surface area contributed by atoms with Gasteiger partial charge in [0.2, 0.25) is 0 Å². The van der Waals surface area contributed by atoms with Gasteiger partial charge >= 0.3 is 0 Å². The Morgan fingerprint density at radius 2 is 2.50 bits per heavy atom. The lowest BCUT2D eigenvalue weighted by Gasteiger charge is -1.98. The van der Waals surface area contributed by atoms with E-state index >= 15 is 0 Å². The highest BCUT2D eigenvalue weighted by Crippen LogP contribution is 1.71. The molecule has 0 bridgehead atoms. The highest BCUT2D eigenvalue weighted by Gasteiger charge is 1.85. The molecular weight excluding hydrogens is 78.0 g/mol. The fourth-order valence-electron chi connectivity index (χ4n) is 0.263. The molecule has 40 valence electrons. The number of ether oxygens (including phenoxy) is 1. The van der Waals surface area contributed by atoms with Crippen molar-refractivity contribution in [1.29, 1.82) is 0 Å². The van der Waals surface area contributed by atoms with Gasteiger partial charge in [0, 0.05) is 14.6 Å². The van der Waals surface area contributed by atoms with Crippen molar-refractivity contribution in [2.24, 2.45) is 5.73 Å². The molecule has 0 aliphatic carbocycles. The van der Waals surface area contributed by atoms with Gasteiger partial charge in [0.15, 0.2) is 0 Å². The van der Waals surface area contributed by atoms with Crippen LogP contribution in [0.1, 0.15) is 8.35 Å². The zero-order valence-corrected chi connectivity index (χ0v) is 4.27. The fourth-order valence-corrected chi connectivity index (χ4v) is 0.263. The predicted molar refractivity (Wildman–Crippen MR) is 27.6 cm³/mol. The smallest absolute Gasteiger partial charge is 0.0611 e. The van der Waals surface area contributed by atoms with Crippen molar-refractivity contribution in [2.75, 3.05) is 13.7 Å². The largest absolute Gasteiger partial charge is 0.383 e. The summed E-state index contributed by atoms with van der Waals surface area (Å²) >= 11 is 0. The van der Waals surface area contributed by atoms with Crippen LogP contribution >= 0.6 is 0 Å². The first-order valence-corrected chi connectivity index (χ1v) is 2.02. The highest BCUT2D eigenvalue weighted by atomic mass is 16.5. The maximum absolute atomic E-state index is 5.28. The van der Waals surface area contributed by atoms with Crippen LogP contribution in [0.2, 0.25) is 0 Å². The van der Waals surface area contributed by atoms with Crippen molar-refractivity contribution >= 4 is 0 Å². The third-order valence-electron chi connectivity index (χ3n) is 0.430. The molecule has 0 aromatic heterocycles. The Labute approximate surface area is 39.8 Å². The maximum Gasteiger partial charge on any atom is 0.0611 e. The molecule has 0 aliphatic rings. The summed E-state index contributed by atoms with van der Waals surface area (Å²) in [5, 5.41) is 0. The average Bonchev–Trinajstić information content (AvgIpc) is 1.35. The summed E-state index contributed by atoms with van der Waals surface area (Å²) in [4.78, 5) is 0. The molecule has 2 heteroatoms. The van der Waals surface area contributed by atoms with Gasteiger partial charge in [-0.1, -0.05) is 0 Å². The molecule has 0 saturated carbocycles. The summed E-state index contributed by atoms with van der Waals surface area (Å²) in [5.41, 5.74) is 5.28. The highest BCUT2D eigenvalue weighted by molar-refractivity contribution is 4.45. The van der Waals surface area contributed by atoms with Crippen molar-refractivity contribution in [3.63, 3.8) is 0 Å². The van der Waals surface area contributed by atoms with Crippen LogP contribution in [-0.4, -0.2) is 19.8 Å². The van der Waals surface area contributed by atoms with E-state index in [2.05, 4.69) is 4.74 Å². The van der Waals surface area contributed by atoms with E-state index in [1.807, 2.05) is 6.92 Å². The van der Waals surface area contributed by atoms with Gasteiger partial charge in [-0.15, -0.1) is 0 Å². The lowest BCUT2D eigenvalue weighted by Crippen LogP contribution is -2.20. The van der Waals surface area contributed by atoms with Crippen molar-refractivity contribution in [3.05, 3.63) is 0 Å². The first-order chi connectivity index (χ1) is 2.77. The molecular formula is C4H13NO. The van der Waals surface area contributed by atoms with E-state index in [0.29, 0.717) is 6.61 Å². The molecule has 0 rings (SSSR count). The third kappa shape index (κ3) is 3.92. The third-order valence-corrected chi connectivity index (χ3v) is 0.430. The Morgan fingerprint density at radius 3 is 2.50 bits per heavy atom. The molecule has 6 heavy (non-hydrogen) atoms. The van der Waals surface area contributed by atoms with Gasteiger partial charge in [-0.2, -0.15) is 0 Å². The van der Waals surface area contributed by atoms with E-state index in [1.165, 1.54) is 0 Å². The van der Waals surface area contributed by atoms with Crippen LogP contribution in [-0.2, 0) is 4.74 Å². The van der Waals surface area contributed by atoms with Crippen LogP contribution in [0.25, 0.3) is 0 Å². The molecule has 0 aromatic carbocycles. The van der Waals surface area contributed by atoms with E-state index < -0.39 is 0 Å². The van der Waals surface area contributed by atoms with Crippen molar-refractivity contribution in [3.8, 4) is 0 Å². The number of methoxy groups -OCH3 is 1. The minimum absolute atomic E-state index is 0. The number of rotatable bonds is 2. The van der Waals surface area contributed by atoms with Crippen LogP contribution in [0.3, 0.4) is 0 Å². The quantitative estimate of drug-likeness (QED) is 0.528. The Balaban J connectivity index is 0. The zero-order valence-electron chi connectivity index (χ0n) is 4.27. The summed E-state index contributed by atoms with van der Waals surface area (Å²) in [6.07, 6.45) is 0. The van der Waals surface area contributed by atoms with Gasteiger partial charge in [-0.05, 0) is 6.92 Å². The second kappa shape index (κ2) is 3.12. The Bertz CT molecular complexity index is 32.9. The molecule has 0 heterocycles. The van der Waals surface area contributed by atoms with E-state index in [4.69, 9.17) is 5.73 Å². The molecule has 0 fully saturated rings. The molecule has 1 atom stereocenters. The van der Waals surface area contributed by atoms with Crippen molar-refractivity contribution in [2.45, 2.75) is 13.0 Å². The molecule has 1 unspecified atom stereocenters. The second-order valence-electron chi connectivity index (χ2n) is 1.43. The fraction of sp³-hybridized carbons (Fsp3) is 1.00. The van der Waals surface area contributed by atoms with E-state index in [9.17, 15) is 0 Å². The lowest BCUT2D eigenvalue weighted by atomic mass is 10.4. The topological polar surface area (TPSA) is 35.2 Å². The van der Waals surface area contributed by atoms with Gasteiger partial charge in [0.05, 0.1) is 6.61 Å². The maximum atomic E-state index is 5.28. The summed E-state index contributed by atoms with van der Waals surface area (Å²) in [7, 11) is 1.64. The first-order valence-electron chi connectivity index (χ1n) is 2.02. The molecule has 2 N–H and O–H groups in total. The predicted octanol–water partition coefficient (Wildman–Crippen LogP) is 0.226. The summed E-state index contributed by atoms with van der Waals surface area (Å²) in [5.74, 6) is 0. The molecule has 0 saturated heterocycles. The second-order valence-corrected chi connectivity index (χ2v) is 1.43. The molecule has 0 spiro atoms. The molecule has 0 aromatic rings. The monoisotopic (exact) mass is 91.1 g/mol. The molecule has 0 aliphatic heterocycles. The zero-order chi connectivity index (χ0) is 4.99. The Hall–Kier alpha value is -0.0800. The number of nitrogens with two attached hydrogens (primary N) is 1. The van der Waals surface area contributed by atoms with Crippen molar-refractivity contribution in [1.82, 2.24) is 0 Å². The molecule has 0 amide bonds. The summed E-state index contributed by atoms with van der Waals surface area (Å²) in [6, 6.07) is 0.176. The van der Waals surface area contributed by atoms with Crippen LogP contribution in [0.15, 0.2) is 0 Å². The van der Waals surface area contributed by atoms with Crippen LogP contribution in [0, 0.1) is 0 Å². The van der Waals surface area contributed by atoms with Gasteiger partial charge in [0.25, 0.3) is 0 Å². The molecule has 2 nitrogen and oxygen atoms in total. The van der Waals surface area contributed by atoms with Crippen LogP contribution in [0.5, 0.6) is 0 Å². The van der Waals surface area contributed by atoms with Crippen LogP contribution < -0.4 is 5.73 Å². The van der Waals surface area contributed by atoms with Gasteiger partial charge in [-0.25, -0.2) is 0 Å². The average molecular weight is 91.2 g/mol. The summed E-state index contributed by atoms with van der Waals surface area (Å²) < 4.78 is 4.68. The minimum Gasteiger partial charge on any atom is -0.383 e. The van der Waals surface area contributed by atoms with E-state index in [0.717, 1.165) is 0 Å². The summed E-state index contributed by atoms with van der Waals surface area (Å²) in [6.45, 7) is 2.56.